The molecule has 4 heteroatoms. The molecule has 0 bridgehead atoms. The summed E-state index contributed by atoms with van der Waals surface area (Å²) >= 11 is 1.84. The molecule has 0 aliphatic heterocycles. The molecule has 7 aromatic carbocycles. The summed E-state index contributed by atoms with van der Waals surface area (Å²) in [4.78, 5) is 3.91. The average molecular weight is 616 g/mol. The highest BCUT2D eigenvalue weighted by Gasteiger charge is 2.19. The van der Waals surface area contributed by atoms with E-state index < -0.39 is 0 Å². The van der Waals surface area contributed by atoms with Crippen LogP contribution in [0.15, 0.2) is 152 Å². The molecule has 10 rings (SSSR count). The first kappa shape index (κ1) is 26.1. The highest BCUT2D eigenvalue weighted by atomic mass is 32.1. The van der Waals surface area contributed by atoms with Crippen LogP contribution in [0.25, 0.3) is 91.1 Å². The maximum Gasteiger partial charge on any atom is 0.210 e. The van der Waals surface area contributed by atoms with Gasteiger partial charge < -0.3 is 9.13 Å². The first-order valence-corrected chi connectivity index (χ1v) is 16.5. The number of rotatable bonds is 3. The van der Waals surface area contributed by atoms with E-state index in [0.29, 0.717) is 5.69 Å². The Morgan fingerprint density at radius 1 is 0.468 bits per heavy atom. The van der Waals surface area contributed by atoms with Crippen LogP contribution in [0.1, 0.15) is 0 Å². The molecule has 3 heterocycles. The molecule has 0 N–H and O–H groups in total. The summed E-state index contributed by atoms with van der Waals surface area (Å²) in [5.74, 6) is 0. The van der Waals surface area contributed by atoms with E-state index in [4.69, 9.17) is 6.57 Å². The smallest absolute Gasteiger partial charge is 0.210 e. The zero-order chi connectivity index (χ0) is 31.1. The molecule has 0 radical (unpaired) electrons. The predicted molar refractivity (Wildman–Crippen MR) is 200 cm³/mol. The molecular formula is C43H25N3S. The molecule has 218 valence electrons. The SMILES string of the molecule is [C-]#[N+]c1ccccc1-n1c2ccccc2c2cccc(-c3ccc4sc5ccc(-n6c7ccccc7c7ccccc76)cc5c4c3)c21. The summed E-state index contributed by atoms with van der Waals surface area (Å²) in [6.45, 7) is 7.94. The fourth-order valence-corrected chi connectivity index (χ4v) is 8.59. The van der Waals surface area contributed by atoms with Crippen molar-refractivity contribution in [1.82, 2.24) is 9.13 Å². The molecule has 3 nitrogen and oxygen atoms in total. The normalized spacial score (nSPS) is 11.8. The highest BCUT2D eigenvalue weighted by molar-refractivity contribution is 7.25. The van der Waals surface area contributed by atoms with Gasteiger partial charge in [0.05, 0.1) is 34.3 Å². The standard InChI is InChI=1S/C43H25N3S/c1-44-36-16-5-9-20-40(36)46-39-19-8-4-13-32(39)33-15-10-14-29(43(33)46)27-21-23-41-34(25-27)35-26-28(22-24-42(35)47-41)45-37-17-6-2-11-30(37)31-12-3-7-18-38(31)45/h2-26H. The monoisotopic (exact) mass is 615 g/mol. The van der Waals surface area contributed by atoms with Crippen molar-refractivity contribution in [1.29, 1.82) is 0 Å². The number of hydrogen-bond donors (Lipinski definition) is 0. The molecule has 0 aliphatic rings. The summed E-state index contributed by atoms with van der Waals surface area (Å²) in [5.41, 5.74) is 9.67. The van der Waals surface area contributed by atoms with Gasteiger partial charge in [0.1, 0.15) is 0 Å². The Hall–Kier alpha value is -6.15. The second-order valence-electron chi connectivity index (χ2n) is 12.0. The third kappa shape index (κ3) is 3.72. The Morgan fingerprint density at radius 2 is 1.04 bits per heavy atom. The van der Waals surface area contributed by atoms with E-state index in [-0.39, 0.29) is 0 Å². The molecule has 0 spiro atoms. The molecule has 0 fully saturated rings. The number of hydrogen-bond acceptors (Lipinski definition) is 1. The van der Waals surface area contributed by atoms with Crippen LogP contribution in [0.4, 0.5) is 5.69 Å². The maximum atomic E-state index is 7.94. The number of aromatic nitrogens is 2. The molecule has 0 amide bonds. The van der Waals surface area contributed by atoms with Gasteiger partial charge in [-0.2, -0.15) is 0 Å². The number of benzene rings is 7. The van der Waals surface area contributed by atoms with E-state index in [1.807, 2.05) is 29.5 Å². The lowest BCUT2D eigenvalue weighted by molar-refractivity contribution is 1.19. The summed E-state index contributed by atoms with van der Waals surface area (Å²) < 4.78 is 7.23. The summed E-state index contributed by atoms with van der Waals surface area (Å²) in [6, 6.07) is 54.2. The molecule has 47 heavy (non-hydrogen) atoms. The van der Waals surface area contributed by atoms with Crippen LogP contribution >= 0.6 is 11.3 Å². The van der Waals surface area contributed by atoms with Crippen molar-refractivity contribution in [2.75, 3.05) is 0 Å². The van der Waals surface area contributed by atoms with Gasteiger partial charge in [-0.3, -0.25) is 0 Å². The Bertz CT molecular complexity index is 2880. The van der Waals surface area contributed by atoms with Crippen LogP contribution in [0.2, 0.25) is 0 Å². The van der Waals surface area contributed by atoms with Gasteiger partial charge in [0.2, 0.25) is 5.69 Å². The average Bonchev–Trinajstić information content (AvgIpc) is 3.79. The predicted octanol–water partition coefficient (Wildman–Crippen LogP) is 12.5. The Balaban J connectivity index is 1.24. The minimum atomic E-state index is 0.641. The van der Waals surface area contributed by atoms with Crippen molar-refractivity contribution < 1.29 is 0 Å². The van der Waals surface area contributed by atoms with E-state index in [1.54, 1.807) is 0 Å². The fraction of sp³-hybridized carbons (Fsp3) is 0. The second-order valence-corrected chi connectivity index (χ2v) is 13.1. The number of nitrogens with zero attached hydrogens (tertiary/aromatic N) is 3. The quantitative estimate of drug-likeness (QED) is 0.176. The Kier molecular flexibility index (Phi) is 5.51. The molecule has 0 saturated carbocycles. The topological polar surface area (TPSA) is 14.2 Å². The molecule has 0 aliphatic carbocycles. The lowest BCUT2D eigenvalue weighted by atomic mass is 9.99. The molecule has 3 aromatic heterocycles. The van der Waals surface area contributed by atoms with Crippen molar-refractivity contribution in [3.05, 3.63) is 163 Å². The van der Waals surface area contributed by atoms with Crippen LogP contribution in [-0.2, 0) is 0 Å². The van der Waals surface area contributed by atoms with Crippen LogP contribution in [-0.4, -0.2) is 9.13 Å². The van der Waals surface area contributed by atoms with Crippen molar-refractivity contribution in [3.63, 3.8) is 0 Å². The van der Waals surface area contributed by atoms with Gasteiger partial charge in [0.15, 0.2) is 0 Å². The third-order valence-corrected chi connectivity index (χ3v) is 10.7. The Labute approximate surface area is 274 Å². The van der Waals surface area contributed by atoms with Crippen molar-refractivity contribution in [2.24, 2.45) is 0 Å². The first-order valence-electron chi connectivity index (χ1n) is 15.7. The van der Waals surface area contributed by atoms with Gasteiger partial charge in [-0.1, -0.05) is 97.1 Å². The van der Waals surface area contributed by atoms with E-state index in [1.165, 1.54) is 52.8 Å². The van der Waals surface area contributed by atoms with Crippen LogP contribution in [0, 0.1) is 6.57 Å². The third-order valence-electron chi connectivity index (χ3n) is 9.54. The lowest BCUT2D eigenvalue weighted by Crippen LogP contribution is -1.95. The van der Waals surface area contributed by atoms with Crippen molar-refractivity contribution in [3.8, 4) is 22.5 Å². The Morgan fingerprint density at radius 3 is 1.77 bits per heavy atom. The van der Waals surface area contributed by atoms with E-state index in [9.17, 15) is 0 Å². The molecule has 0 unspecified atom stereocenters. The summed E-state index contributed by atoms with van der Waals surface area (Å²) in [7, 11) is 0. The van der Waals surface area contributed by atoms with Gasteiger partial charge in [-0.15, -0.1) is 11.3 Å². The summed E-state index contributed by atoms with van der Waals surface area (Å²) in [6.07, 6.45) is 0. The van der Waals surface area contributed by atoms with Gasteiger partial charge in [-0.05, 0) is 60.2 Å². The number of thiophene rings is 1. The van der Waals surface area contributed by atoms with E-state index >= 15 is 0 Å². The molecular weight excluding hydrogens is 591 g/mol. The first-order chi connectivity index (χ1) is 23.3. The van der Waals surface area contributed by atoms with Crippen LogP contribution in [0.3, 0.4) is 0 Å². The van der Waals surface area contributed by atoms with Crippen molar-refractivity contribution in [2.45, 2.75) is 0 Å². The van der Waals surface area contributed by atoms with Gasteiger partial charge in [-0.25, -0.2) is 4.85 Å². The van der Waals surface area contributed by atoms with Gasteiger partial charge in [0, 0.05) is 53.0 Å². The molecule has 0 atom stereocenters. The highest BCUT2D eigenvalue weighted by Crippen LogP contribution is 2.43. The largest absolute Gasteiger partial charge is 0.318 e. The van der Waals surface area contributed by atoms with Crippen LogP contribution < -0.4 is 0 Å². The zero-order valence-electron chi connectivity index (χ0n) is 25.2. The minimum Gasteiger partial charge on any atom is -0.318 e. The molecule has 10 aromatic rings. The fourth-order valence-electron chi connectivity index (χ4n) is 7.52. The van der Waals surface area contributed by atoms with E-state index in [2.05, 4.69) is 147 Å². The maximum absolute atomic E-state index is 7.94. The summed E-state index contributed by atoms with van der Waals surface area (Å²) in [5, 5.41) is 7.42. The van der Waals surface area contributed by atoms with Crippen LogP contribution in [0.5, 0.6) is 0 Å². The van der Waals surface area contributed by atoms with Gasteiger partial charge >= 0.3 is 0 Å². The van der Waals surface area contributed by atoms with Crippen molar-refractivity contribution >= 4 is 80.8 Å². The second kappa shape index (κ2) is 9.92. The molecule has 0 saturated heterocycles. The number of para-hydroxylation sites is 6. The van der Waals surface area contributed by atoms with Gasteiger partial charge in [0.25, 0.3) is 0 Å². The number of fused-ring (bicyclic) bond motifs is 9. The minimum absolute atomic E-state index is 0.641. The lowest BCUT2D eigenvalue weighted by Gasteiger charge is -2.13. The zero-order valence-corrected chi connectivity index (χ0v) is 26.0. The van der Waals surface area contributed by atoms with E-state index in [0.717, 1.165) is 33.5 Å².